The normalized spacial score (nSPS) is 9.40. The standard InChI is InChI=1S/C7H7ClN2/c1-5(9)7-4-6(8)2-3-10-7/h2-4,9H,1H3. The summed E-state index contributed by atoms with van der Waals surface area (Å²) in [4.78, 5) is 3.93. The second-order valence-electron chi connectivity index (χ2n) is 1.98. The summed E-state index contributed by atoms with van der Waals surface area (Å²) in [6.45, 7) is 1.68. The van der Waals surface area contributed by atoms with Crippen molar-refractivity contribution in [2.24, 2.45) is 0 Å². The molecule has 0 spiro atoms. The summed E-state index contributed by atoms with van der Waals surface area (Å²) >= 11 is 5.65. The lowest BCUT2D eigenvalue weighted by Crippen LogP contribution is -1.94. The molecule has 1 heterocycles. The maximum atomic E-state index is 7.21. The first-order valence-corrected chi connectivity index (χ1v) is 3.25. The molecular weight excluding hydrogens is 148 g/mol. The number of rotatable bonds is 1. The summed E-state index contributed by atoms with van der Waals surface area (Å²) in [5.41, 5.74) is 1.06. The summed E-state index contributed by atoms with van der Waals surface area (Å²) in [6.07, 6.45) is 1.59. The van der Waals surface area contributed by atoms with Crippen LogP contribution in [0.1, 0.15) is 12.6 Å². The Balaban J connectivity index is 3.07. The highest BCUT2D eigenvalue weighted by Crippen LogP contribution is 2.07. The molecule has 2 nitrogen and oxygen atoms in total. The molecule has 1 N–H and O–H groups in total. The lowest BCUT2D eigenvalue weighted by Gasteiger charge is -1.94. The average Bonchev–Trinajstić information content (AvgIpc) is 1.88. The van der Waals surface area contributed by atoms with Crippen LogP contribution in [0.3, 0.4) is 0 Å². The Kier molecular flexibility index (Phi) is 2.02. The van der Waals surface area contributed by atoms with Gasteiger partial charge in [0.15, 0.2) is 0 Å². The first-order chi connectivity index (χ1) is 4.70. The van der Waals surface area contributed by atoms with Crippen LogP contribution in [-0.2, 0) is 0 Å². The molecule has 0 aliphatic carbocycles. The van der Waals surface area contributed by atoms with Gasteiger partial charge in [0.25, 0.3) is 0 Å². The molecule has 1 aromatic rings. The predicted octanol–water partition coefficient (Wildman–Crippen LogP) is 2.12. The van der Waals surface area contributed by atoms with Crippen molar-refractivity contribution in [2.75, 3.05) is 0 Å². The van der Waals surface area contributed by atoms with E-state index in [9.17, 15) is 0 Å². The van der Waals surface area contributed by atoms with Gasteiger partial charge >= 0.3 is 0 Å². The smallest absolute Gasteiger partial charge is 0.0849 e. The topological polar surface area (TPSA) is 36.7 Å². The Bertz CT molecular complexity index is 258. The van der Waals surface area contributed by atoms with Crippen LogP contribution in [0.4, 0.5) is 0 Å². The summed E-state index contributed by atoms with van der Waals surface area (Å²) in [6, 6.07) is 3.36. The van der Waals surface area contributed by atoms with Crippen LogP contribution >= 0.6 is 11.6 Å². The molecule has 3 heteroatoms. The highest BCUT2D eigenvalue weighted by atomic mass is 35.5. The van der Waals surface area contributed by atoms with E-state index in [2.05, 4.69) is 4.98 Å². The predicted molar refractivity (Wildman–Crippen MR) is 41.7 cm³/mol. The van der Waals surface area contributed by atoms with Crippen molar-refractivity contribution in [3.05, 3.63) is 29.0 Å². The van der Waals surface area contributed by atoms with Gasteiger partial charge in [0, 0.05) is 11.2 Å². The number of nitrogens with one attached hydrogen (secondary N) is 1. The summed E-state index contributed by atoms with van der Waals surface area (Å²) in [7, 11) is 0. The fraction of sp³-hybridized carbons (Fsp3) is 0.143. The number of halogens is 1. The molecular formula is C7H7ClN2. The van der Waals surface area contributed by atoms with E-state index in [0.29, 0.717) is 16.4 Å². The van der Waals surface area contributed by atoms with E-state index < -0.39 is 0 Å². The average molecular weight is 155 g/mol. The van der Waals surface area contributed by atoms with Crippen LogP contribution in [0.15, 0.2) is 18.3 Å². The van der Waals surface area contributed by atoms with Gasteiger partial charge in [0.05, 0.1) is 11.4 Å². The van der Waals surface area contributed by atoms with Gasteiger partial charge in [0.2, 0.25) is 0 Å². The van der Waals surface area contributed by atoms with E-state index >= 15 is 0 Å². The van der Waals surface area contributed by atoms with Crippen LogP contribution in [0.2, 0.25) is 5.02 Å². The monoisotopic (exact) mass is 154 g/mol. The van der Waals surface area contributed by atoms with Gasteiger partial charge in [-0.3, -0.25) is 4.98 Å². The first-order valence-electron chi connectivity index (χ1n) is 2.87. The lowest BCUT2D eigenvalue weighted by molar-refractivity contribution is 1.27. The summed E-state index contributed by atoms with van der Waals surface area (Å²) in [5, 5.41) is 7.83. The molecule has 0 aliphatic heterocycles. The fourth-order valence-corrected chi connectivity index (χ4v) is 0.770. The van der Waals surface area contributed by atoms with E-state index in [1.807, 2.05) is 0 Å². The number of aromatic nitrogens is 1. The Labute approximate surface area is 64.4 Å². The number of nitrogens with zero attached hydrogens (tertiary/aromatic N) is 1. The quantitative estimate of drug-likeness (QED) is 0.619. The minimum absolute atomic E-state index is 0.433. The highest BCUT2D eigenvalue weighted by molar-refractivity contribution is 6.30. The zero-order chi connectivity index (χ0) is 7.56. The molecule has 0 aromatic carbocycles. The Morgan fingerprint density at radius 3 is 2.80 bits per heavy atom. The highest BCUT2D eigenvalue weighted by Gasteiger charge is 1.95. The number of pyridine rings is 1. The number of hydrogen-bond donors (Lipinski definition) is 1. The van der Waals surface area contributed by atoms with Crippen LogP contribution < -0.4 is 0 Å². The third kappa shape index (κ3) is 1.54. The molecule has 52 valence electrons. The zero-order valence-corrected chi connectivity index (χ0v) is 6.31. The third-order valence-electron chi connectivity index (χ3n) is 1.11. The molecule has 10 heavy (non-hydrogen) atoms. The van der Waals surface area contributed by atoms with Gasteiger partial charge in [-0.05, 0) is 19.1 Å². The first kappa shape index (κ1) is 7.22. The van der Waals surface area contributed by atoms with Crippen molar-refractivity contribution in [1.29, 1.82) is 5.41 Å². The molecule has 0 saturated heterocycles. The minimum Gasteiger partial charge on any atom is -0.303 e. The minimum atomic E-state index is 0.433. The van der Waals surface area contributed by atoms with Gasteiger partial charge in [0.1, 0.15) is 0 Å². The molecule has 0 fully saturated rings. The number of hydrogen-bond acceptors (Lipinski definition) is 2. The van der Waals surface area contributed by atoms with Crippen molar-refractivity contribution >= 4 is 17.3 Å². The van der Waals surface area contributed by atoms with E-state index in [4.69, 9.17) is 17.0 Å². The second kappa shape index (κ2) is 2.80. The largest absolute Gasteiger partial charge is 0.303 e. The van der Waals surface area contributed by atoms with Crippen LogP contribution in [0, 0.1) is 5.41 Å². The summed E-state index contributed by atoms with van der Waals surface area (Å²) < 4.78 is 0. The van der Waals surface area contributed by atoms with Crippen molar-refractivity contribution in [3.8, 4) is 0 Å². The van der Waals surface area contributed by atoms with Crippen LogP contribution in [-0.4, -0.2) is 10.7 Å². The van der Waals surface area contributed by atoms with Crippen LogP contribution in [0.25, 0.3) is 0 Å². The second-order valence-corrected chi connectivity index (χ2v) is 2.42. The van der Waals surface area contributed by atoms with E-state index in [0.717, 1.165) is 0 Å². The SMILES string of the molecule is CC(=N)c1cc(Cl)ccn1. The molecule has 0 saturated carbocycles. The Morgan fingerprint density at radius 2 is 2.40 bits per heavy atom. The van der Waals surface area contributed by atoms with Crippen molar-refractivity contribution in [2.45, 2.75) is 6.92 Å². The molecule has 0 radical (unpaired) electrons. The fourth-order valence-electron chi connectivity index (χ4n) is 0.610. The molecule has 1 rings (SSSR count). The van der Waals surface area contributed by atoms with Crippen molar-refractivity contribution < 1.29 is 0 Å². The van der Waals surface area contributed by atoms with Crippen molar-refractivity contribution in [1.82, 2.24) is 4.98 Å². The van der Waals surface area contributed by atoms with Gasteiger partial charge in [-0.15, -0.1) is 0 Å². The molecule has 0 aliphatic rings. The maximum absolute atomic E-state index is 7.21. The molecule has 0 unspecified atom stereocenters. The summed E-state index contributed by atoms with van der Waals surface area (Å²) in [5.74, 6) is 0. The lowest BCUT2D eigenvalue weighted by atomic mass is 10.3. The van der Waals surface area contributed by atoms with E-state index in [1.54, 1.807) is 25.3 Å². The van der Waals surface area contributed by atoms with Gasteiger partial charge < -0.3 is 5.41 Å². The molecule has 0 atom stereocenters. The Hall–Kier alpha value is -0.890. The molecule has 0 bridgehead atoms. The third-order valence-corrected chi connectivity index (χ3v) is 1.34. The molecule has 0 amide bonds. The maximum Gasteiger partial charge on any atom is 0.0849 e. The van der Waals surface area contributed by atoms with Crippen molar-refractivity contribution in [3.63, 3.8) is 0 Å². The zero-order valence-electron chi connectivity index (χ0n) is 5.56. The van der Waals surface area contributed by atoms with Gasteiger partial charge in [-0.25, -0.2) is 0 Å². The molecule has 1 aromatic heterocycles. The Morgan fingerprint density at radius 1 is 1.70 bits per heavy atom. The van der Waals surface area contributed by atoms with Gasteiger partial charge in [-0.2, -0.15) is 0 Å². The van der Waals surface area contributed by atoms with E-state index in [-0.39, 0.29) is 0 Å². The van der Waals surface area contributed by atoms with Crippen LogP contribution in [0.5, 0.6) is 0 Å². The van der Waals surface area contributed by atoms with Gasteiger partial charge in [-0.1, -0.05) is 11.6 Å². The van der Waals surface area contributed by atoms with E-state index in [1.165, 1.54) is 0 Å².